The Morgan fingerprint density at radius 3 is 1.62 bits per heavy atom. The van der Waals surface area contributed by atoms with Crippen molar-refractivity contribution >= 4 is 0 Å². The van der Waals surface area contributed by atoms with E-state index in [2.05, 4.69) is 20.8 Å². The van der Waals surface area contributed by atoms with Crippen molar-refractivity contribution in [2.75, 3.05) is 6.61 Å². The highest BCUT2D eigenvalue weighted by Gasteiger charge is 2.53. The second-order valence-corrected chi connectivity index (χ2v) is 16.8. The zero-order valence-electron chi connectivity index (χ0n) is 26.7. The Morgan fingerprint density at radius 1 is 0.575 bits per heavy atom. The van der Waals surface area contributed by atoms with Crippen LogP contribution in [0.3, 0.4) is 0 Å². The van der Waals surface area contributed by atoms with Gasteiger partial charge in [0.05, 0.1) is 6.10 Å². The van der Waals surface area contributed by atoms with Crippen molar-refractivity contribution in [3.05, 3.63) is 0 Å². The van der Waals surface area contributed by atoms with Crippen LogP contribution in [-0.2, 0) is 0 Å². The highest BCUT2D eigenvalue weighted by atomic mass is 16.3. The van der Waals surface area contributed by atoms with Crippen LogP contribution in [0.15, 0.2) is 0 Å². The molecule has 2 nitrogen and oxygen atoms in total. The van der Waals surface area contributed by atoms with Gasteiger partial charge in [0.15, 0.2) is 0 Å². The molecule has 0 radical (unpaired) electrons. The Hall–Kier alpha value is -0.0800. The van der Waals surface area contributed by atoms with Crippen molar-refractivity contribution in [1.82, 2.24) is 0 Å². The molecular formula is C38H66O2. The number of aliphatic hydroxyl groups is 2. The van der Waals surface area contributed by atoms with Gasteiger partial charge in [-0.3, -0.25) is 0 Å². The number of hydrogen-bond acceptors (Lipinski definition) is 2. The molecule has 0 amide bonds. The summed E-state index contributed by atoms with van der Waals surface area (Å²) in [5, 5.41) is 22.3. The molecule has 6 fully saturated rings. The van der Waals surface area contributed by atoms with Crippen molar-refractivity contribution in [3.63, 3.8) is 0 Å². The molecule has 0 aromatic heterocycles. The molecule has 6 aliphatic rings. The summed E-state index contributed by atoms with van der Waals surface area (Å²) >= 11 is 0. The maximum absolute atomic E-state index is 11.8. The fourth-order valence-electron chi connectivity index (χ4n) is 13.1. The van der Waals surface area contributed by atoms with Gasteiger partial charge in [-0.25, -0.2) is 0 Å². The highest BCUT2D eigenvalue weighted by molar-refractivity contribution is 5.02. The third kappa shape index (κ3) is 5.86. The van der Waals surface area contributed by atoms with Gasteiger partial charge >= 0.3 is 0 Å². The van der Waals surface area contributed by atoms with Gasteiger partial charge in [-0.15, -0.1) is 0 Å². The van der Waals surface area contributed by atoms with Crippen LogP contribution in [0.5, 0.6) is 0 Å². The minimum Gasteiger partial charge on any atom is -0.396 e. The van der Waals surface area contributed by atoms with Crippen LogP contribution in [0.25, 0.3) is 0 Å². The summed E-state index contributed by atoms with van der Waals surface area (Å²) in [5.41, 5.74) is 0. The molecule has 40 heavy (non-hydrogen) atoms. The summed E-state index contributed by atoms with van der Waals surface area (Å²) in [5.74, 6) is 10.9. The molecule has 6 saturated carbocycles. The number of rotatable bonds is 6. The second kappa shape index (κ2) is 13.3. The molecule has 0 aliphatic heterocycles. The fourth-order valence-corrected chi connectivity index (χ4v) is 13.1. The standard InChI is InChI=1S/C38H66O2/c1-24-21-34(38(40)35(22-24)29-11-5-4-6-12-29)25(2)27-17-19-28(20-18-27)26(3)37-32-15-9-7-13-30(32)36(23-39)31-14-8-10-16-33(31)37/h24-40H,4-23H2,1-3H3. The zero-order chi connectivity index (χ0) is 27.8. The molecule has 0 aromatic carbocycles. The summed E-state index contributed by atoms with van der Waals surface area (Å²) in [6.45, 7) is 8.19. The minimum atomic E-state index is -0.0425. The van der Waals surface area contributed by atoms with Crippen LogP contribution >= 0.6 is 0 Å². The Labute approximate surface area is 248 Å². The Balaban J connectivity index is 1.10. The largest absolute Gasteiger partial charge is 0.396 e. The van der Waals surface area contributed by atoms with Crippen molar-refractivity contribution in [2.45, 2.75) is 149 Å². The number of fused-ring (bicyclic) bond motifs is 2. The van der Waals surface area contributed by atoms with Crippen LogP contribution in [0.2, 0.25) is 0 Å². The summed E-state index contributed by atoms with van der Waals surface area (Å²) in [4.78, 5) is 0. The third-order valence-corrected chi connectivity index (χ3v) is 15.1. The average Bonchev–Trinajstić information content (AvgIpc) is 3.00. The average molecular weight is 555 g/mol. The van der Waals surface area contributed by atoms with E-state index in [0.717, 1.165) is 59.2 Å². The molecule has 0 saturated heterocycles. The van der Waals surface area contributed by atoms with Gasteiger partial charge in [-0.1, -0.05) is 78.6 Å². The van der Waals surface area contributed by atoms with E-state index < -0.39 is 0 Å². The monoisotopic (exact) mass is 555 g/mol. The van der Waals surface area contributed by atoms with Gasteiger partial charge in [0.1, 0.15) is 0 Å². The minimum absolute atomic E-state index is 0.0425. The van der Waals surface area contributed by atoms with Gasteiger partial charge in [0.2, 0.25) is 0 Å². The van der Waals surface area contributed by atoms with Crippen LogP contribution < -0.4 is 0 Å². The van der Waals surface area contributed by atoms with Gasteiger partial charge in [-0.05, 0) is 147 Å². The first-order chi connectivity index (χ1) is 19.5. The predicted octanol–water partition coefficient (Wildman–Crippen LogP) is 9.52. The maximum Gasteiger partial charge on any atom is 0.0602 e. The smallest absolute Gasteiger partial charge is 0.0602 e. The van der Waals surface area contributed by atoms with E-state index >= 15 is 0 Å². The maximum atomic E-state index is 11.8. The Morgan fingerprint density at radius 2 is 1.07 bits per heavy atom. The number of aliphatic hydroxyl groups excluding tert-OH is 2. The van der Waals surface area contributed by atoms with Crippen molar-refractivity contribution in [3.8, 4) is 0 Å². The predicted molar refractivity (Wildman–Crippen MR) is 167 cm³/mol. The first-order valence-corrected chi connectivity index (χ1v) is 18.8. The molecule has 0 aromatic rings. The summed E-state index contributed by atoms with van der Waals surface area (Å²) in [6.07, 6.45) is 26.6. The molecule has 230 valence electrons. The lowest BCUT2D eigenvalue weighted by molar-refractivity contribution is -0.107. The molecular weight excluding hydrogens is 488 g/mol. The van der Waals surface area contributed by atoms with Crippen LogP contribution in [-0.4, -0.2) is 22.9 Å². The molecule has 6 aliphatic carbocycles. The van der Waals surface area contributed by atoms with Gasteiger partial charge < -0.3 is 10.2 Å². The quantitative estimate of drug-likeness (QED) is 0.343. The molecule has 0 heterocycles. The van der Waals surface area contributed by atoms with Crippen LogP contribution in [0, 0.1) is 82.9 Å². The van der Waals surface area contributed by atoms with Crippen molar-refractivity contribution in [1.29, 1.82) is 0 Å². The topological polar surface area (TPSA) is 40.5 Å². The van der Waals surface area contributed by atoms with Crippen LogP contribution in [0.1, 0.15) is 143 Å². The third-order valence-electron chi connectivity index (χ3n) is 15.1. The SMILES string of the molecule is CC1CC(C2CCCCC2)C(O)C(C(C)C2CCC(C(C)C3C4CCCCC4C(CO)C4CCCCC43)CC2)C1. The van der Waals surface area contributed by atoms with E-state index in [4.69, 9.17) is 0 Å². The lowest BCUT2D eigenvalue weighted by Gasteiger charge is -2.58. The van der Waals surface area contributed by atoms with E-state index in [-0.39, 0.29) is 6.10 Å². The van der Waals surface area contributed by atoms with Gasteiger partial charge in [0.25, 0.3) is 0 Å². The van der Waals surface area contributed by atoms with Crippen molar-refractivity contribution < 1.29 is 10.2 Å². The van der Waals surface area contributed by atoms with Crippen LogP contribution in [0.4, 0.5) is 0 Å². The van der Waals surface area contributed by atoms with E-state index in [1.807, 2.05) is 0 Å². The van der Waals surface area contributed by atoms with Gasteiger partial charge in [-0.2, -0.15) is 0 Å². The zero-order valence-corrected chi connectivity index (χ0v) is 26.7. The molecule has 0 bridgehead atoms. The van der Waals surface area contributed by atoms with E-state index in [1.165, 1.54) is 122 Å². The second-order valence-electron chi connectivity index (χ2n) is 16.8. The lowest BCUT2D eigenvalue weighted by Crippen LogP contribution is -2.52. The molecule has 6 rings (SSSR count). The molecule has 0 spiro atoms. The highest BCUT2D eigenvalue weighted by Crippen LogP contribution is 2.59. The Bertz CT molecular complexity index is 756. The first kappa shape index (κ1) is 30.0. The summed E-state index contributed by atoms with van der Waals surface area (Å²) in [6, 6.07) is 0. The normalized spacial score (nSPS) is 48.5. The Kier molecular flexibility index (Phi) is 9.95. The van der Waals surface area contributed by atoms with E-state index in [9.17, 15) is 10.2 Å². The first-order valence-electron chi connectivity index (χ1n) is 18.8. The van der Waals surface area contributed by atoms with E-state index in [1.54, 1.807) is 0 Å². The molecule has 2 N–H and O–H groups in total. The number of hydrogen-bond donors (Lipinski definition) is 2. The van der Waals surface area contributed by atoms with E-state index in [0.29, 0.717) is 30.3 Å². The molecule has 2 heteroatoms. The molecule has 10 unspecified atom stereocenters. The summed E-state index contributed by atoms with van der Waals surface area (Å²) < 4.78 is 0. The fraction of sp³-hybridized carbons (Fsp3) is 1.00. The lowest BCUT2D eigenvalue weighted by atomic mass is 9.47. The summed E-state index contributed by atoms with van der Waals surface area (Å²) in [7, 11) is 0. The molecule has 10 atom stereocenters. The van der Waals surface area contributed by atoms with Crippen molar-refractivity contribution in [2.24, 2.45) is 82.9 Å². The van der Waals surface area contributed by atoms with Gasteiger partial charge in [0, 0.05) is 6.61 Å².